The van der Waals surface area contributed by atoms with Gasteiger partial charge in [-0.1, -0.05) is 43.7 Å². The Kier molecular flexibility index (Phi) is 8.74. The van der Waals surface area contributed by atoms with Crippen LogP contribution in [-0.4, -0.2) is 11.2 Å². The van der Waals surface area contributed by atoms with Gasteiger partial charge in [0, 0.05) is 0 Å². The molecule has 18 heavy (non-hydrogen) atoms. The summed E-state index contributed by atoms with van der Waals surface area (Å²) in [5.41, 5.74) is 3.74. The van der Waals surface area contributed by atoms with Gasteiger partial charge in [0.25, 0.3) is 0 Å². The van der Waals surface area contributed by atoms with E-state index in [1.54, 1.807) is 0 Å². The first-order chi connectivity index (χ1) is 8.34. The van der Waals surface area contributed by atoms with Crippen molar-refractivity contribution < 1.29 is 5.11 Å². The van der Waals surface area contributed by atoms with E-state index in [0.29, 0.717) is 5.92 Å². The van der Waals surface area contributed by atoms with E-state index in [1.807, 2.05) is 0 Å². The Bertz CT molecular complexity index is 304. The molecule has 0 aromatic rings. The molecule has 1 heteroatoms. The Morgan fingerprint density at radius 2 is 1.72 bits per heavy atom. The number of hydrogen-bond acceptors (Lipinski definition) is 1. The third-order valence-corrected chi connectivity index (χ3v) is 3.19. The molecule has 1 unspecified atom stereocenters. The molecule has 0 aliphatic rings. The minimum atomic E-state index is -0.355. The van der Waals surface area contributed by atoms with E-state index in [4.69, 9.17) is 0 Å². The first-order valence-electron chi connectivity index (χ1n) is 7.00. The SMILES string of the molecule is C=C(C(C)C)C(O)CCC=C(C)CCC=C(C)C. The lowest BCUT2D eigenvalue weighted by atomic mass is 9.96. The summed E-state index contributed by atoms with van der Waals surface area (Å²) >= 11 is 0. The van der Waals surface area contributed by atoms with Crippen molar-refractivity contribution in [3.05, 3.63) is 35.5 Å². The maximum Gasteiger partial charge on any atom is 0.0752 e. The van der Waals surface area contributed by atoms with Crippen molar-refractivity contribution in [3.8, 4) is 0 Å². The van der Waals surface area contributed by atoms with E-state index < -0.39 is 0 Å². The minimum absolute atomic E-state index is 0.355. The van der Waals surface area contributed by atoms with E-state index >= 15 is 0 Å². The largest absolute Gasteiger partial charge is 0.389 e. The summed E-state index contributed by atoms with van der Waals surface area (Å²) in [6, 6.07) is 0. The van der Waals surface area contributed by atoms with Crippen LogP contribution in [0.1, 0.15) is 60.3 Å². The molecule has 0 aromatic heterocycles. The van der Waals surface area contributed by atoms with Crippen LogP contribution >= 0.6 is 0 Å². The summed E-state index contributed by atoms with van der Waals surface area (Å²) in [6.07, 6.45) is 8.12. The third kappa shape index (κ3) is 8.30. The van der Waals surface area contributed by atoms with Crippen molar-refractivity contribution in [2.45, 2.75) is 66.4 Å². The molecule has 0 fully saturated rings. The molecule has 0 aliphatic carbocycles. The molecular weight excluding hydrogens is 220 g/mol. The first kappa shape index (κ1) is 17.2. The molecule has 0 amide bonds. The highest BCUT2D eigenvalue weighted by atomic mass is 16.3. The Morgan fingerprint density at radius 1 is 1.11 bits per heavy atom. The quantitative estimate of drug-likeness (QED) is 0.599. The molecule has 0 radical (unpaired) electrons. The smallest absolute Gasteiger partial charge is 0.0752 e. The van der Waals surface area contributed by atoms with E-state index in [-0.39, 0.29) is 6.10 Å². The zero-order valence-corrected chi connectivity index (χ0v) is 12.8. The standard InChI is InChI=1S/C17H30O/c1-13(2)9-7-10-15(5)11-8-12-17(18)16(6)14(3)4/h9,11,14,17-18H,6-8,10,12H2,1-5H3. The molecular formula is C17H30O. The van der Waals surface area contributed by atoms with Crippen LogP contribution in [0.4, 0.5) is 0 Å². The fourth-order valence-corrected chi connectivity index (χ4v) is 1.75. The maximum atomic E-state index is 9.91. The van der Waals surface area contributed by atoms with Crippen molar-refractivity contribution in [1.82, 2.24) is 0 Å². The highest BCUT2D eigenvalue weighted by Gasteiger charge is 2.10. The number of allylic oxidation sites excluding steroid dienone is 4. The van der Waals surface area contributed by atoms with Gasteiger partial charge >= 0.3 is 0 Å². The highest BCUT2D eigenvalue weighted by molar-refractivity contribution is 5.06. The molecule has 0 saturated carbocycles. The topological polar surface area (TPSA) is 20.2 Å². The van der Waals surface area contributed by atoms with Gasteiger partial charge in [0.1, 0.15) is 0 Å². The summed E-state index contributed by atoms with van der Waals surface area (Å²) in [4.78, 5) is 0. The average molecular weight is 250 g/mol. The van der Waals surface area contributed by atoms with Crippen LogP contribution in [0.25, 0.3) is 0 Å². The summed E-state index contributed by atoms with van der Waals surface area (Å²) in [7, 11) is 0. The molecule has 0 heterocycles. The number of aliphatic hydroxyl groups is 1. The third-order valence-electron chi connectivity index (χ3n) is 3.19. The predicted molar refractivity (Wildman–Crippen MR) is 81.6 cm³/mol. The highest BCUT2D eigenvalue weighted by Crippen LogP contribution is 2.17. The molecule has 1 atom stereocenters. The minimum Gasteiger partial charge on any atom is -0.389 e. The van der Waals surface area contributed by atoms with Crippen molar-refractivity contribution in [2.75, 3.05) is 0 Å². The summed E-state index contributed by atoms with van der Waals surface area (Å²) in [6.45, 7) is 14.5. The molecule has 0 bridgehead atoms. The molecule has 0 spiro atoms. The number of rotatable bonds is 8. The molecule has 1 N–H and O–H groups in total. The summed E-state index contributed by atoms with van der Waals surface area (Å²) in [5, 5.41) is 9.91. The Balaban J connectivity index is 3.94. The van der Waals surface area contributed by atoms with Crippen molar-refractivity contribution in [3.63, 3.8) is 0 Å². The Morgan fingerprint density at radius 3 is 2.22 bits per heavy atom. The summed E-state index contributed by atoms with van der Waals surface area (Å²) < 4.78 is 0. The first-order valence-corrected chi connectivity index (χ1v) is 7.00. The van der Waals surface area contributed by atoms with E-state index in [0.717, 1.165) is 31.3 Å². The average Bonchev–Trinajstić information content (AvgIpc) is 2.27. The van der Waals surface area contributed by atoms with Gasteiger partial charge in [-0.15, -0.1) is 0 Å². The van der Waals surface area contributed by atoms with Crippen LogP contribution in [-0.2, 0) is 0 Å². The lowest BCUT2D eigenvalue weighted by Gasteiger charge is -2.16. The van der Waals surface area contributed by atoms with Gasteiger partial charge in [0.15, 0.2) is 0 Å². The Hall–Kier alpha value is -0.820. The van der Waals surface area contributed by atoms with Crippen molar-refractivity contribution >= 4 is 0 Å². The molecule has 104 valence electrons. The zero-order valence-electron chi connectivity index (χ0n) is 12.8. The monoisotopic (exact) mass is 250 g/mol. The normalized spacial score (nSPS) is 13.6. The fraction of sp³-hybridized carbons (Fsp3) is 0.647. The Labute approximate surface area is 113 Å². The van der Waals surface area contributed by atoms with Crippen LogP contribution in [0, 0.1) is 5.92 Å². The molecule has 0 aromatic carbocycles. The second kappa shape index (κ2) is 9.16. The van der Waals surface area contributed by atoms with Gasteiger partial charge < -0.3 is 5.11 Å². The van der Waals surface area contributed by atoms with Crippen LogP contribution in [0.5, 0.6) is 0 Å². The van der Waals surface area contributed by atoms with Crippen LogP contribution in [0.3, 0.4) is 0 Å². The summed E-state index contributed by atoms with van der Waals surface area (Å²) in [5.74, 6) is 0.364. The van der Waals surface area contributed by atoms with Gasteiger partial charge in [0.2, 0.25) is 0 Å². The zero-order chi connectivity index (χ0) is 14.1. The maximum absolute atomic E-state index is 9.91. The lowest BCUT2D eigenvalue weighted by molar-refractivity contribution is 0.191. The molecule has 1 nitrogen and oxygen atoms in total. The van der Waals surface area contributed by atoms with Crippen LogP contribution in [0.2, 0.25) is 0 Å². The second-order valence-electron chi connectivity index (χ2n) is 5.69. The van der Waals surface area contributed by atoms with E-state index in [2.05, 4.69) is 53.3 Å². The fourth-order valence-electron chi connectivity index (χ4n) is 1.75. The molecule has 0 rings (SSSR count). The lowest BCUT2D eigenvalue weighted by Crippen LogP contribution is -2.13. The van der Waals surface area contributed by atoms with Gasteiger partial charge in [-0.05, 0) is 57.9 Å². The number of hydrogen-bond donors (Lipinski definition) is 1. The molecule has 0 saturated heterocycles. The molecule has 0 aliphatic heterocycles. The van der Waals surface area contributed by atoms with Crippen LogP contribution in [0.15, 0.2) is 35.5 Å². The van der Waals surface area contributed by atoms with E-state index in [1.165, 1.54) is 11.1 Å². The van der Waals surface area contributed by atoms with Gasteiger partial charge in [-0.3, -0.25) is 0 Å². The van der Waals surface area contributed by atoms with Crippen molar-refractivity contribution in [1.29, 1.82) is 0 Å². The van der Waals surface area contributed by atoms with Gasteiger partial charge in [-0.2, -0.15) is 0 Å². The van der Waals surface area contributed by atoms with Gasteiger partial charge in [0.05, 0.1) is 6.10 Å². The van der Waals surface area contributed by atoms with Crippen LogP contribution < -0.4 is 0 Å². The van der Waals surface area contributed by atoms with E-state index in [9.17, 15) is 5.11 Å². The predicted octanol–water partition coefficient (Wildman–Crippen LogP) is 5.03. The van der Waals surface area contributed by atoms with Gasteiger partial charge in [-0.25, -0.2) is 0 Å². The second-order valence-corrected chi connectivity index (χ2v) is 5.69. The van der Waals surface area contributed by atoms with Crippen molar-refractivity contribution in [2.24, 2.45) is 5.92 Å². The number of aliphatic hydroxyl groups excluding tert-OH is 1.